The number of nitrogens with one attached hydrogen (secondary N) is 2. The van der Waals surface area contributed by atoms with Gasteiger partial charge in [-0.2, -0.15) is 10.1 Å². The van der Waals surface area contributed by atoms with E-state index in [0.717, 1.165) is 36.8 Å². The van der Waals surface area contributed by atoms with Crippen molar-refractivity contribution < 1.29 is 0 Å². The first kappa shape index (κ1) is 17.2. The van der Waals surface area contributed by atoms with Crippen LogP contribution in [0.2, 0.25) is 5.02 Å². The second-order valence-corrected chi connectivity index (χ2v) is 6.07. The molecular weight excluding hydrogens is 334 g/mol. The third kappa shape index (κ3) is 5.72. The molecule has 2 N–H and O–H groups in total. The predicted molar refractivity (Wildman–Crippen MR) is 102 cm³/mol. The zero-order valence-corrected chi connectivity index (χ0v) is 14.6. The van der Waals surface area contributed by atoms with Gasteiger partial charge in [0, 0.05) is 18.1 Å². The lowest BCUT2D eigenvalue weighted by Crippen LogP contribution is -2.12. The molecule has 2 aromatic carbocycles. The molecule has 0 aliphatic carbocycles. The van der Waals surface area contributed by atoms with Crippen LogP contribution in [-0.2, 0) is 12.8 Å². The number of aromatic nitrogens is 3. The molecule has 1 heterocycles. The van der Waals surface area contributed by atoms with Gasteiger partial charge in [0.2, 0.25) is 5.95 Å². The quantitative estimate of drug-likeness (QED) is 0.644. The van der Waals surface area contributed by atoms with Gasteiger partial charge in [0.25, 0.3) is 0 Å². The summed E-state index contributed by atoms with van der Waals surface area (Å²) in [6.07, 6.45) is 3.44. The van der Waals surface area contributed by atoms with Crippen LogP contribution in [0.5, 0.6) is 0 Å². The molecule has 25 heavy (non-hydrogen) atoms. The van der Waals surface area contributed by atoms with Gasteiger partial charge in [-0.3, -0.25) is 0 Å². The van der Waals surface area contributed by atoms with E-state index in [1.165, 1.54) is 11.1 Å². The van der Waals surface area contributed by atoms with Crippen molar-refractivity contribution in [1.29, 1.82) is 0 Å². The molecule has 0 fully saturated rings. The second-order valence-electron chi connectivity index (χ2n) is 5.63. The molecule has 128 valence electrons. The first-order chi connectivity index (χ1) is 12.3. The number of hydrogen-bond donors (Lipinski definition) is 2. The first-order valence-corrected chi connectivity index (χ1v) is 8.63. The Morgan fingerprint density at radius 2 is 1.48 bits per heavy atom. The molecule has 3 rings (SSSR count). The Hall–Kier alpha value is -2.66. The minimum atomic E-state index is 0.527. The zero-order chi connectivity index (χ0) is 17.3. The van der Waals surface area contributed by atoms with Crippen LogP contribution in [0.3, 0.4) is 0 Å². The lowest BCUT2D eigenvalue weighted by molar-refractivity contribution is 0.916. The van der Waals surface area contributed by atoms with Gasteiger partial charge < -0.3 is 10.6 Å². The van der Waals surface area contributed by atoms with Crippen LogP contribution in [-0.4, -0.2) is 28.3 Å². The van der Waals surface area contributed by atoms with Crippen LogP contribution in [0.15, 0.2) is 60.8 Å². The molecule has 0 saturated heterocycles. The van der Waals surface area contributed by atoms with Gasteiger partial charge >= 0.3 is 0 Å². The van der Waals surface area contributed by atoms with Gasteiger partial charge in [0.1, 0.15) is 0 Å². The van der Waals surface area contributed by atoms with Crippen molar-refractivity contribution in [3.05, 3.63) is 76.9 Å². The molecular formula is C19H20ClN5. The molecule has 0 unspecified atom stereocenters. The average molecular weight is 354 g/mol. The molecule has 0 atom stereocenters. The minimum Gasteiger partial charge on any atom is -0.368 e. The molecule has 0 radical (unpaired) electrons. The van der Waals surface area contributed by atoms with E-state index in [1.54, 1.807) is 6.20 Å². The molecule has 6 heteroatoms. The van der Waals surface area contributed by atoms with Crippen LogP contribution in [0.4, 0.5) is 11.8 Å². The van der Waals surface area contributed by atoms with Gasteiger partial charge in [0.15, 0.2) is 5.82 Å². The van der Waals surface area contributed by atoms with E-state index in [0.29, 0.717) is 5.95 Å². The standard InChI is InChI=1S/C19H20ClN5/c20-17-8-6-16(7-9-17)11-13-22-19-24-18(14-23-25-19)21-12-10-15-4-2-1-3-5-15/h1-9,14H,10-13H2,(H2,21,22,24,25). The Kier molecular flexibility index (Phi) is 6.17. The number of anilines is 2. The van der Waals surface area contributed by atoms with Gasteiger partial charge in [-0.25, -0.2) is 0 Å². The molecule has 0 amide bonds. The zero-order valence-electron chi connectivity index (χ0n) is 13.8. The van der Waals surface area contributed by atoms with E-state index < -0.39 is 0 Å². The fraction of sp³-hybridized carbons (Fsp3) is 0.211. The summed E-state index contributed by atoms with van der Waals surface area (Å²) in [5, 5.41) is 15.2. The molecule has 1 aromatic heterocycles. The Labute approximate surface area is 152 Å². The molecule has 0 bridgehead atoms. The van der Waals surface area contributed by atoms with E-state index in [2.05, 4.69) is 37.9 Å². The fourth-order valence-electron chi connectivity index (χ4n) is 2.41. The van der Waals surface area contributed by atoms with Crippen molar-refractivity contribution >= 4 is 23.4 Å². The van der Waals surface area contributed by atoms with E-state index in [4.69, 9.17) is 11.6 Å². The lowest BCUT2D eigenvalue weighted by atomic mass is 10.1. The normalized spacial score (nSPS) is 10.4. The highest BCUT2D eigenvalue weighted by Crippen LogP contribution is 2.10. The Morgan fingerprint density at radius 3 is 2.24 bits per heavy atom. The van der Waals surface area contributed by atoms with Crippen LogP contribution in [0.25, 0.3) is 0 Å². The molecule has 3 aromatic rings. The summed E-state index contributed by atoms with van der Waals surface area (Å²) in [6, 6.07) is 18.2. The van der Waals surface area contributed by atoms with Crippen molar-refractivity contribution in [2.45, 2.75) is 12.8 Å². The number of nitrogens with zero attached hydrogens (tertiary/aromatic N) is 3. The Balaban J connectivity index is 1.45. The summed E-state index contributed by atoms with van der Waals surface area (Å²) >= 11 is 5.89. The monoisotopic (exact) mass is 353 g/mol. The molecule has 0 spiro atoms. The summed E-state index contributed by atoms with van der Waals surface area (Å²) in [4.78, 5) is 4.43. The molecule has 0 aliphatic rings. The second kappa shape index (κ2) is 8.99. The topological polar surface area (TPSA) is 62.7 Å². The summed E-state index contributed by atoms with van der Waals surface area (Å²) < 4.78 is 0. The van der Waals surface area contributed by atoms with E-state index in [-0.39, 0.29) is 0 Å². The largest absolute Gasteiger partial charge is 0.368 e. The Bertz CT molecular complexity index is 777. The lowest BCUT2D eigenvalue weighted by Gasteiger charge is -2.08. The fourth-order valence-corrected chi connectivity index (χ4v) is 2.54. The van der Waals surface area contributed by atoms with E-state index in [1.807, 2.05) is 42.5 Å². The number of benzene rings is 2. The van der Waals surface area contributed by atoms with Crippen molar-refractivity contribution in [2.24, 2.45) is 0 Å². The smallest absolute Gasteiger partial charge is 0.244 e. The van der Waals surface area contributed by atoms with Crippen molar-refractivity contribution in [3.63, 3.8) is 0 Å². The molecule has 0 aliphatic heterocycles. The minimum absolute atomic E-state index is 0.527. The van der Waals surface area contributed by atoms with Crippen molar-refractivity contribution in [1.82, 2.24) is 15.2 Å². The van der Waals surface area contributed by atoms with Crippen LogP contribution < -0.4 is 10.6 Å². The van der Waals surface area contributed by atoms with E-state index in [9.17, 15) is 0 Å². The van der Waals surface area contributed by atoms with Crippen molar-refractivity contribution in [3.8, 4) is 0 Å². The van der Waals surface area contributed by atoms with E-state index >= 15 is 0 Å². The van der Waals surface area contributed by atoms with Gasteiger partial charge in [-0.1, -0.05) is 54.1 Å². The maximum Gasteiger partial charge on any atom is 0.244 e. The summed E-state index contributed by atoms with van der Waals surface area (Å²) in [7, 11) is 0. The molecule has 0 saturated carbocycles. The van der Waals surface area contributed by atoms with Crippen LogP contribution in [0, 0.1) is 0 Å². The highest BCUT2D eigenvalue weighted by atomic mass is 35.5. The highest BCUT2D eigenvalue weighted by molar-refractivity contribution is 6.30. The Morgan fingerprint density at radius 1 is 0.800 bits per heavy atom. The van der Waals surface area contributed by atoms with Crippen LogP contribution >= 0.6 is 11.6 Å². The number of halogens is 1. The first-order valence-electron chi connectivity index (χ1n) is 8.25. The summed E-state index contributed by atoms with van der Waals surface area (Å²) in [5.41, 5.74) is 2.50. The number of hydrogen-bond acceptors (Lipinski definition) is 5. The van der Waals surface area contributed by atoms with Crippen LogP contribution in [0.1, 0.15) is 11.1 Å². The van der Waals surface area contributed by atoms with Crippen molar-refractivity contribution in [2.75, 3.05) is 23.7 Å². The third-order valence-electron chi connectivity index (χ3n) is 3.73. The number of rotatable bonds is 8. The van der Waals surface area contributed by atoms with Gasteiger partial charge in [-0.15, -0.1) is 5.10 Å². The maximum atomic E-state index is 5.89. The summed E-state index contributed by atoms with van der Waals surface area (Å²) in [5.74, 6) is 1.25. The third-order valence-corrected chi connectivity index (χ3v) is 3.98. The molecule has 5 nitrogen and oxygen atoms in total. The van der Waals surface area contributed by atoms with Gasteiger partial charge in [0.05, 0.1) is 6.20 Å². The van der Waals surface area contributed by atoms with Gasteiger partial charge in [-0.05, 0) is 36.1 Å². The SMILES string of the molecule is Clc1ccc(CCNc2nncc(NCCc3ccccc3)n2)cc1. The maximum absolute atomic E-state index is 5.89. The predicted octanol–water partition coefficient (Wildman–Crippen LogP) is 3.83. The average Bonchev–Trinajstić information content (AvgIpc) is 2.65. The highest BCUT2D eigenvalue weighted by Gasteiger charge is 2.01. The summed E-state index contributed by atoms with van der Waals surface area (Å²) in [6.45, 7) is 1.53.